The van der Waals surface area contributed by atoms with Crippen molar-refractivity contribution in [2.24, 2.45) is 7.05 Å². The first kappa shape index (κ1) is 29.1. The quantitative estimate of drug-likeness (QED) is 0.260. The molecular weight excluding hydrogens is 561 g/mol. The predicted molar refractivity (Wildman–Crippen MR) is 166 cm³/mol. The number of methoxy groups -OCH3 is 1. The number of piperidine rings is 1. The van der Waals surface area contributed by atoms with Gasteiger partial charge in [0.25, 0.3) is 0 Å². The SMILES string of the molecule is C=CC(=O)N1CCC(N2CC(F)(C#Cc3c(-c4ccc(Oc5cccc(C)n5)c(OC)c4)c4c(N)ncnc4n3C)C2)CC1. The summed E-state index contributed by atoms with van der Waals surface area (Å²) in [6, 6.07) is 11.3. The van der Waals surface area contributed by atoms with E-state index in [0.29, 0.717) is 58.6 Å². The van der Waals surface area contributed by atoms with E-state index < -0.39 is 5.67 Å². The number of likely N-dealkylation sites (tertiary alicyclic amines) is 2. The van der Waals surface area contributed by atoms with Crippen LogP contribution in [0.15, 0.2) is 55.4 Å². The first-order chi connectivity index (χ1) is 21.2. The number of benzene rings is 1. The monoisotopic (exact) mass is 595 g/mol. The molecule has 0 saturated carbocycles. The number of halogens is 1. The fraction of sp³-hybridized carbons (Fsp3) is 0.333. The van der Waals surface area contributed by atoms with Crippen LogP contribution in [0, 0.1) is 18.8 Å². The van der Waals surface area contributed by atoms with Crippen molar-refractivity contribution >= 4 is 22.8 Å². The van der Waals surface area contributed by atoms with E-state index in [1.807, 2.05) is 42.8 Å². The summed E-state index contributed by atoms with van der Waals surface area (Å²) < 4.78 is 29.4. The number of alkyl halides is 1. The van der Waals surface area contributed by atoms with Gasteiger partial charge in [-0.2, -0.15) is 0 Å². The molecule has 5 heterocycles. The maximum Gasteiger partial charge on any atom is 0.245 e. The Kier molecular flexibility index (Phi) is 7.69. The highest BCUT2D eigenvalue weighted by atomic mass is 19.1. The van der Waals surface area contributed by atoms with Crippen LogP contribution in [-0.4, -0.2) is 80.2 Å². The van der Waals surface area contributed by atoms with E-state index in [0.717, 1.165) is 24.1 Å². The maximum absolute atomic E-state index is 15.9. The van der Waals surface area contributed by atoms with Crippen LogP contribution in [0.5, 0.6) is 17.4 Å². The Morgan fingerprint density at radius 2 is 1.95 bits per heavy atom. The summed E-state index contributed by atoms with van der Waals surface area (Å²) in [5.74, 6) is 7.70. The van der Waals surface area contributed by atoms with Crippen LogP contribution >= 0.6 is 0 Å². The lowest BCUT2D eigenvalue weighted by atomic mass is 9.91. The summed E-state index contributed by atoms with van der Waals surface area (Å²) in [7, 11) is 3.39. The van der Waals surface area contributed by atoms with E-state index in [9.17, 15) is 4.79 Å². The Bertz CT molecular complexity index is 1810. The zero-order valence-electron chi connectivity index (χ0n) is 25.0. The standard InChI is InChI=1S/C33H34FN7O3/c1-5-28(42)40-15-12-23(13-16-40)41-18-33(34,19-41)14-11-24-29(30-31(35)36-20-37-32(30)39(24)3)22-9-10-25(26(17-22)43-4)44-27-8-6-7-21(2)38-27/h5-10,17,20,23H,1,12-13,15-16,18-19H2,2-4H3,(H2,35,36,37). The molecule has 0 aliphatic carbocycles. The van der Waals surface area contributed by atoms with E-state index in [2.05, 4.69) is 38.3 Å². The van der Waals surface area contributed by atoms with Crippen LogP contribution in [0.4, 0.5) is 10.2 Å². The highest BCUT2D eigenvalue weighted by Gasteiger charge is 2.45. The van der Waals surface area contributed by atoms with Gasteiger partial charge in [0.2, 0.25) is 11.8 Å². The number of aromatic nitrogens is 4. The summed E-state index contributed by atoms with van der Waals surface area (Å²) >= 11 is 0. The van der Waals surface area contributed by atoms with Crippen LogP contribution in [0.25, 0.3) is 22.2 Å². The third-order valence-electron chi connectivity index (χ3n) is 8.31. The number of pyridine rings is 1. The average molecular weight is 596 g/mol. The van der Waals surface area contributed by atoms with Crippen LogP contribution in [0.3, 0.4) is 0 Å². The Morgan fingerprint density at radius 3 is 2.66 bits per heavy atom. The summed E-state index contributed by atoms with van der Waals surface area (Å²) in [4.78, 5) is 28.9. The molecule has 0 unspecified atom stereocenters. The molecule has 2 aliphatic rings. The molecule has 226 valence electrons. The number of ether oxygens (including phenoxy) is 2. The van der Waals surface area contributed by atoms with Gasteiger partial charge in [0.05, 0.1) is 12.5 Å². The normalized spacial score (nSPS) is 16.6. The number of hydrogen-bond acceptors (Lipinski definition) is 8. The third-order valence-corrected chi connectivity index (χ3v) is 8.31. The highest BCUT2D eigenvalue weighted by molar-refractivity contribution is 6.03. The second kappa shape index (κ2) is 11.6. The van der Waals surface area contributed by atoms with Crippen molar-refractivity contribution in [2.45, 2.75) is 31.5 Å². The van der Waals surface area contributed by atoms with Crippen molar-refractivity contribution in [1.29, 1.82) is 0 Å². The molecule has 2 fully saturated rings. The Balaban J connectivity index is 1.29. The van der Waals surface area contributed by atoms with Crippen molar-refractivity contribution in [3.05, 3.63) is 66.8 Å². The average Bonchev–Trinajstić information content (AvgIpc) is 3.30. The lowest BCUT2D eigenvalue weighted by Crippen LogP contribution is -2.63. The highest BCUT2D eigenvalue weighted by Crippen LogP contribution is 2.41. The number of aryl methyl sites for hydroxylation is 2. The van der Waals surface area contributed by atoms with Crippen LogP contribution in [0.1, 0.15) is 24.2 Å². The molecule has 2 saturated heterocycles. The minimum absolute atomic E-state index is 0.0584. The van der Waals surface area contributed by atoms with Gasteiger partial charge in [0.1, 0.15) is 23.5 Å². The molecule has 4 aromatic rings. The molecule has 6 rings (SSSR count). The van der Waals surface area contributed by atoms with Gasteiger partial charge in [0, 0.05) is 56.6 Å². The third kappa shape index (κ3) is 5.44. The van der Waals surface area contributed by atoms with E-state index in [4.69, 9.17) is 15.2 Å². The smallest absolute Gasteiger partial charge is 0.245 e. The molecule has 44 heavy (non-hydrogen) atoms. The topological polar surface area (TPSA) is 112 Å². The number of amides is 1. The summed E-state index contributed by atoms with van der Waals surface area (Å²) in [5.41, 5.74) is 8.12. The molecule has 0 spiro atoms. The number of hydrogen-bond donors (Lipinski definition) is 1. The van der Waals surface area contributed by atoms with Gasteiger partial charge in [-0.15, -0.1) is 0 Å². The lowest BCUT2D eigenvalue weighted by Gasteiger charge is -2.48. The number of nitrogens with two attached hydrogens (primary N) is 1. The summed E-state index contributed by atoms with van der Waals surface area (Å²) in [5, 5.41) is 0.624. The molecule has 0 bridgehead atoms. The van der Waals surface area contributed by atoms with Gasteiger partial charge in [-0.05, 0) is 55.5 Å². The van der Waals surface area contributed by atoms with Crippen molar-refractivity contribution in [1.82, 2.24) is 29.3 Å². The molecule has 11 heteroatoms. The van der Waals surface area contributed by atoms with Gasteiger partial charge in [-0.25, -0.2) is 19.3 Å². The molecular formula is C33H34FN7O3. The number of nitrogens with zero attached hydrogens (tertiary/aromatic N) is 6. The van der Waals surface area contributed by atoms with Crippen molar-refractivity contribution in [2.75, 3.05) is 39.0 Å². The molecule has 2 aliphatic heterocycles. The van der Waals surface area contributed by atoms with Gasteiger partial charge in [0.15, 0.2) is 17.2 Å². The molecule has 0 radical (unpaired) electrons. The number of carbonyl (C=O) groups is 1. The fourth-order valence-electron chi connectivity index (χ4n) is 5.98. The number of anilines is 1. The minimum atomic E-state index is -1.66. The van der Waals surface area contributed by atoms with Gasteiger partial charge in [-0.1, -0.05) is 24.6 Å². The van der Waals surface area contributed by atoms with Crippen molar-refractivity contribution in [3.8, 4) is 40.3 Å². The van der Waals surface area contributed by atoms with Gasteiger partial charge in [-0.3, -0.25) is 9.69 Å². The first-order valence-corrected chi connectivity index (χ1v) is 14.5. The molecule has 10 nitrogen and oxygen atoms in total. The lowest BCUT2D eigenvalue weighted by molar-refractivity contribution is -0.128. The van der Waals surface area contributed by atoms with Gasteiger partial charge >= 0.3 is 0 Å². The van der Waals surface area contributed by atoms with Crippen LogP contribution < -0.4 is 15.2 Å². The van der Waals surface area contributed by atoms with Crippen molar-refractivity contribution in [3.63, 3.8) is 0 Å². The Morgan fingerprint density at radius 1 is 1.18 bits per heavy atom. The molecule has 2 N–H and O–H groups in total. The summed E-state index contributed by atoms with van der Waals surface area (Å²) in [6.07, 6.45) is 4.35. The van der Waals surface area contributed by atoms with Crippen molar-refractivity contribution < 1.29 is 18.7 Å². The van der Waals surface area contributed by atoms with Crippen LogP contribution in [-0.2, 0) is 11.8 Å². The second-order valence-corrected chi connectivity index (χ2v) is 11.2. The zero-order chi connectivity index (χ0) is 31.0. The maximum atomic E-state index is 15.9. The minimum Gasteiger partial charge on any atom is -0.493 e. The van der Waals surface area contributed by atoms with E-state index >= 15 is 4.39 Å². The van der Waals surface area contributed by atoms with Gasteiger partial charge < -0.3 is 24.7 Å². The molecule has 3 aromatic heterocycles. The number of nitrogen functional groups attached to an aromatic ring is 1. The largest absolute Gasteiger partial charge is 0.493 e. The molecule has 1 aromatic carbocycles. The molecule has 0 atom stereocenters. The number of rotatable bonds is 6. The van der Waals surface area contributed by atoms with Crippen LogP contribution in [0.2, 0.25) is 0 Å². The zero-order valence-corrected chi connectivity index (χ0v) is 25.0. The predicted octanol–water partition coefficient (Wildman–Crippen LogP) is 4.27. The Labute approximate surface area is 255 Å². The fourth-order valence-corrected chi connectivity index (χ4v) is 5.98. The van der Waals surface area contributed by atoms with E-state index in [-0.39, 0.29) is 25.0 Å². The number of carbonyl (C=O) groups excluding carboxylic acids is 1. The first-order valence-electron chi connectivity index (χ1n) is 14.5. The summed E-state index contributed by atoms with van der Waals surface area (Å²) in [6.45, 7) is 7.18. The number of fused-ring (bicyclic) bond motifs is 1. The molecule has 1 amide bonds. The Hall–Kier alpha value is -4.95. The second-order valence-electron chi connectivity index (χ2n) is 11.2. The van der Waals surface area contributed by atoms with E-state index in [1.165, 1.54) is 12.4 Å². The van der Waals surface area contributed by atoms with E-state index in [1.54, 1.807) is 24.1 Å².